The summed E-state index contributed by atoms with van der Waals surface area (Å²) in [6.07, 6.45) is 13.1. The number of hydrogen-bond acceptors (Lipinski definition) is 5. The van der Waals surface area contributed by atoms with Gasteiger partial charge in [-0.3, -0.25) is 14.4 Å². The molecule has 0 radical (unpaired) electrons. The molecule has 9 heteroatoms. The molecule has 0 fully saturated rings. The molecule has 0 saturated heterocycles. The number of nitrogens with two attached hydrogens (primary N) is 1. The van der Waals surface area contributed by atoms with Gasteiger partial charge in [0.25, 0.3) is 0 Å². The molecule has 0 aromatic heterocycles. The maximum absolute atomic E-state index is 11.9. The zero-order valence-corrected chi connectivity index (χ0v) is 22.0. The fourth-order valence-corrected chi connectivity index (χ4v) is 3.98. The van der Waals surface area contributed by atoms with Crippen molar-refractivity contribution in [2.24, 2.45) is 5.73 Å². The van der Waals surface area contributed by atoms with Crippen molar-refractivity contribution in [1.29, 1.82) is 0 Å². The van der Waals surface area contributed by atoms with Crippen LogP contribution >= 0.6 is 0 Å². The summed E-state index contributed by atoms with van der Waals surface area (Å²) in [6, 6.07) is 6.26. The zero-order chi connectivity index (χ0) is 27.3. The summed E-state index contributed by atoms with van der Waals surface area (Å²) in [5.74, 6) is -1.93. The van der Waals surface area contributed by atoms with Gasteiger partial charge in [-0.2, -0.15) is 0 Å². The number of amides is 2. The SMILES string of the molecule is NC(CCCCNC(=O)CCCNC(=O)CCCCCCCCCCc1ccc(C(=O)O)cc1)C(=O)O. The van der Waals surface area contributed by atoms with Gasteiger partial charge >= 0.3 is 11.9 Å². The van der Waals surface area contributed by atoms with Crippen LogP contribution in [0.25, 0.3) is 0 Å². The van der Waals surface area contributed by atoms with Crippen LogP contribution in [-0.2, 0) is 20.8 Å². The highest BCUT2D eigenvalue weighted by molar-refractivity contribution is 5.87. The van der Waals surface area contributed by atoms with Crippen LogP contribution in [0.3, 0.4) is 0 Å². The number of carbonyl (C=O) groups excluding carboxylic acids is 2. The second-order valence-electron chi connectivity index (χ2n) is 9.57. The van der Waals surface area contributed by atoms with Crippen LogP contribution in [0.5, 0.6) is 0 Å². The largest absolute Gasteiger partial charge is 0.480 e. The quantitative estimate of drug-likeness (QED) is 0.145. The molecule has 0 aliphatic rings. The van der Waals surface area contributed by atoms with Gasteiger partial charge in [-0.25, -0.2) is 4.79 Å². The third-order valence-electron chi connectivity index (χ3n) is 6.30. The summed E-state index contributed by atoms with van der Waals surface area (Å²) in [5, 5.41) is 23.3. The molecule has 0 aliphatic carbocycles. The minimum atomic E-state index is -1.00. The van der Waals surface area contributed by atoms with Crippen LogP contribution in [0.15, 0.2) is 24.3 Å². The molecule has 6 N–H and O–H groups in total. The molecule has 37 heavy (non-hydrogen) atoms. The lowest BCUT2D eigenvalue weighted by Crippen LogP contribution is -2.30. The number of nitrogens with one attached hydrogen (secondary N) is 2. The summed E-state index contributed by atoms with van der Waals surface area (Å²) in [4.78, 5) is 45.2. The molecule has 1 unspecified atom stereocenters. The average Bonchev–Trinajstić information content (AvgIpc) is 2.87. The molecular weight excluding hydrogens is 474 g/mol. The van der Waals surface area contributed by atoms with Gasteiger partial charge < -0.3 is 26.6 Å². The van der Waals surface area contributed by atoms with Crippen molar-refractivity contribution in [3.05, 3.63) is 35.4 Å². The van der Waals surface area contributed by atoms with E-state index in [0.717, 1.165) is 32.1 Å². The first-order chi connectivity index (χ1) is 17.8. The van der Waals surface area contributed by atoms with Gasteiger partial charge in [0.1, 0.15) is 6.04 Å². The third-order valence-corrected chi connectivity index (χ3v) is 6.30. The smallest absolute Gasteiger partial charge is 0.335 e. The molecule has 208 valence electrons. The van der Waals surface area contributed by atoms with Gasteiger partial charge in [0.15, 0.2) is 0 Å². The van der Waals surface area contributed by atoms with E-state index in [1.807, 2.05) is 12.1 Å². The summed E-state index contributed by atoms with van der Waals surface area (Å²) < 4.78 is 0. The molecular formula is C28H45N3O6. The van der Waals surface area contributed by atoms with Crippen molar-refractivity contribution in [3.8, 4) is 0 Å². The highest BCUT2D eigenvalue weighted by atomic mass is 16.4. The lowest BCUT2D eigenvalue weighted by molar-refractivity contribution is -0.138. The summed E-state index contributed by atoms with van der Waals surface area (Å²) in [5.41, 5.74) is 6.93. The van der Waals surface area contributed by atoms with Crippen LogP contribution in [0.4, 0.5) is 0 Å². The van der Waals surface area contributed by atoms with E-state index in [4.69, 9.17) is 15.9 Å². The van der Waals surface area contributed by atoms with Crippen molar-refractivity contribution < 1.29 is 29.4 Å². The maximum atomic E-state index is 11.9. The number of carbonyl (C=O) groups is 4. The zero-order valence-electron chi connectivity index (χ0n) is 22.0. The van der Waals surface area contributed by atoms with Crippen LogP contribution in [-0.4, -0.2) is 53.1 Å². The Bertz CT molecular complexity index is 813. The summed E-state index contributed by atoms with van der Waals surface area (Å²) >= 11 is 0. The number of hydrogen-bond donors (Lipinski definition) is 5. The maximum Gasteiger partial charge on any atom is 0.335 e. The van der Waals surface area contributed by atoms with Crippen molar-refractivity contribution in [2.75, 3.05) is 13.1 Å². The fourth-order valence-electron chi connectivity index (χ4n) is 3.98. The lowest BCUT2D eigenvalue weighted by atomic mass is 10.0. The normalized spacial score (nSPS) is 11.6. The van der Waals surface area contributed by atoms with Crippen molar-refractivity contribution in [2.45, 2.75) is 102 Å². The van der Waals surface area contributed by atoms with Crippen LogP contribution in [0, 0.1) is 0 Å². The Morgan fingerprint density at radius 2 is 1.19 bits per heavy atom. The number of aromatic carboxylic acids is 1. The number of unbranched alkanes of at least 4 members (excludes halogenated alkanes) is 8. The minimum absolute atomic E-state index is 0.0339. The Balaban J connectivity index is 1.87. The minimum Gasteiger partial charge on any atom is -0.480 e. The highest BCUT2D eigenvalue weighted by Crippen LogP contribution is 2.13. The Kier molecular flexibility index (Phi) is 17.5. The van der Waals surface area contributed by atoms with Crippen molar-refractivity contribution in [1.82, 2.24) is 10.6 Å². The Morgan fingerprint density at radius 3 is 1.76 bits per heavy atom. The fraction of sp³-hybridized carbons (Fsp3) is 0.643. The number of carboxylic acids is 2. The van der Waals surface area contributed by atoms with Crippen LogP contribution in [0.2, 0.25) is 0 Å². The van der Waals surface area contributed by atoms with Crippen LogP contribution in [0.1, 0.15) is 106 Å². The molecule has 1 aromatic carbocycles. The first-order valence-corrected chi connectivity index (χ1v) is 13.6. The molecule has 0 aliphatic heterocycles. The predicted molar refractivity (Wildman–Crippen MR) is 143 cm³/mol. The molecule has 0 bridgehead atoms. The van der Waals surface area contributed by atoms with E-state index in [1.54, 1.807) is 12.1 Å². The molecule has 9 nitrogen and oxygen atoms in total. The average molecular weight is 520 g/mol. The Labute approximate surface area is 220 Å². The molecule has 2 amide bonds. The second kappa shape index (κ2) is 20.2. The number of carboxylic acid groups (broad SMARTS) is 2. The van der Waals surface area contributed by atoms with Crippen molar-refractivity contribution >= 4 is 23.8 Å². The molecule has 0 heterocycles. The van der Waals surface area contributed by atoms with Gasteiger partial charge in [-0.15, -0.1) is 0 Å². The van der Waals surface area contributed by atoms with E-state index in [-0.39, 0.29) is 11.8 Å². The van der Waals surface area contributed by atoms with E-state index >= 15 is 0 Å². The van der Waals surface area contributed by atoms with Gasteiger partial charge in [0.2, 0.25) is 11.8 Å². The summed E-state index contributed by atoms with van der Waals surface area (Å²) in [7, 11) is 0. The van der Waals surface area contributed by atoms with Gasteiger partial charge in [0.05, 0.1) is 5.56 Å². The molecule has 1 aromatic rings. The molecule has 1 rings (SSSR count). The van der Waals surface area contributed by atoms with E-state index in [0.29, 0.717) is 57.2 Å². The number of rotatable bonds is 22. The molecule has 0 saturated carbocycles. The van der Waals surface area contributed by atoms with Gasteiger partial charge in [0, 0.05) is 25.9 Å². The molecule has 1 atom stereocenters. The molecule has 0 spiro atoms. The highest BCUT2D eigenvalue weighted by Gasteiger charge is 2.10. The standard InChI is InChI=1S/C28H45N3O6/c29-24(28(36)37)13-9-10-20-30-26(33)15-11-21-31-25(32)14-8-6-4-2-1-3-5-7-12-22-16-18-23(19-17-22)27(34)35/h16-19,24H,1-15,20-21,29H2,(H,30,33)(H,31,32)(H,34,35)(H,36,37). The van der Waals surface area contributed by atoms with E-state index in [9.17, 15) is 19.2 Å². The number of aryl methyl sites for hydroxylation is 1. The van der Waals surface area contributed by atoms with Crippen molar-refractivity contribution in [3.63, 3.8) is 0 Å². The second-order valence-corrected chi connectivity index (χ2v) is 9.57. The third kappa shape index (κ3) is 17.2. The number of aliphatic carboxylic acids is 1. The lowest BCUT2D eigenvalue weighted by Gasteiger charge is -2.08. The van der Waals surface area contributed by atoms with E-state index in [1.165, 1.54) is 31.2 Å². The first kappa shape index (κ1) is 32.1. The Hall–Kier alpha value is -2.94. The van der Waals surface area contributed by atoms with Crippen LogP contribution < -0.4 is 16.4 Å². The summed E-state index contributed by atoms with van der Waals surface area (Å²) in [6.45, 7) is 0.992. The van der Waals surface area contributed by atoms with Gasteiger partial charge in [-0.1, -0.05) is 50.7 Å². The Morgan fingerprint density at radius 1 is 0.676 bits per heavy atom. The van der Waals surface area contributed by atoms with E-state index in [2.05, 4.69) is 10.6 Å². The predicted octanol–water partition coefficient (Wildman–Crippen LogP) is 4.03. The van der Waals surface area contributed by atoms with E-state index < -0.39 is 18.0 Å². The topological polar surface area (TPSA) is 159 Å². The monoisotopic (exact) mass is 519 g/mol. The number of benzene rings is 1. The van der Waals surface area contributed by atoms with Gasteiger partial charge in [-0.05, 0) is 62.6 Å². The first-order valence-electron chi connectivity index (χ1n) is 13.6.